The molecule has 2 saturated heterocycles. The van der Waals surface area contributed by atoms with Crippen LogP contribution < -0.4 is 9.62 Å². The SMILES string of the molecule is O=S(=O)(Nc1ccc(N2CCCCCC2)cc1)c1ccc(S(=O)(=O)N2CCOCC2)cc1. The molecule has 0 atom stereocenters. The van der Waals surface area contributed by atoms with Gasteiger partial charge in [0.2, 0.25) is 10.0 Å². The lowest BCUT2D eigenvalue weighted by Gasteiger charge is -2.26. The summed E-state index contributed by atoms with van der Waals surface area (Å²) < 4.78 is 60.2. The van der Waals surface area contributed by atoms with E-state index in [1.807, 2.05) is 12.1 Å². The first-order chi connectivity index (χ1) is 15.4. The summed E-state index contributed by atoms with van der Waals surface area (Å²) in [5.41, 5.74) is 1.56. The van der Waals surface area contributed by atoms with E-state index in [9.17, 15) is 16.8 Å². The van der Waals surface area contributed by atoms with E-state index in [4.69, 9.17) is 4.74 Å². The Morgan fingerprint density at radius 2 is 1.25 bits per heavy atom. The summed E-state index contributed by atoms with van der Waals surface area (Å²) >= 11 is 0. The fourth-order valence-corrected chi connectivity index (χ4v) is 6.48. The van der Waals surface area contributed by atoms with Crippen molar-refractivity contribution in [2.24, 2.45) is 0 Å². The molecule has 2 aromatic carbocycles. The summed E-state index contributed by atoms with van der Waals surface area (Å²) in [6.07, 6.45) is 4.85. The minimum absolute atomic E-state index is 0.00928. The highest BCUT2D eigenvalue weighted by Gasteiger charge is 2.27. The summed E-state index contributed by atoms with van der Waals surface area (Å²) in [4.78, 5) is 2.41. The van der Waals surface area contributed by atoms with Gasteiger partial charge in [-0.25, -0.2) is 16.8 Å². The Bertz CT molecular complexity index is 1100. The molecule has 0 amide bonds. The second-order valence-corrected chi connectivity index (χ2v) is 11.7. The number of hydrogen-bond donors (Lipinski definition) is 1. The van der Waals surface area contributed by atoms with Gasteiger partial charge in [0.1, 0.15) is 0 Å². The van der Waals surface area contributed by atoms with Crippen LogP contribution in [0.3, 0.4) is 0 Å². The van der Waals surface area contributed by atoms with Gasteiger partial charge in [-0.1, -0.05) is 12.8 Å². The Labute approximate surface area is 190 Å². The highest BCUT2D eigenvalue weighted by atomic mass is 32.2. The molecule has 0 unspecified atom stereocenters. The highest BCUT2D eigenvalue weighted by Crippen LogP contribution is 2.24. The Morgan fingerprint density at radius 1 is 0.688 bits per heavy atom. The molecule has 1 N–H and O–H groups in total. The number of rotatable bonds is 6. The van der Waals surface area contributed by atoms with Crippen molar-refractivity contribution in [3.8, 4) is 0 Å². The first-order valence-electron chi connectivity index (χ1n) is 10.9. The van der Waals surface area contributed by atoms with E-state index < -0.39 is 20.0 Å². The van der Waals surface area contributed by atoms with E-state index in [0.29, 0.717) is 18.9 Å². The normalized spacial score (nSPS) is 18.8. The number of benzene rings is 2. The Hall–Kier alpha value is -2.14. The third kappa shape index (κ3) is 5.25. The number of hydrogen-bond acceptors (Lipinski definition) is 6. The highest BCUT2D eigenvalue weighted by molar-refractivity contribution is 7.92. The monoisotopic (exact) mass is 479 g/mol. The molecule has 4 rings (SSSR count). The lowest BCUT2D eigenvalue weighted by Crippen LogP contribution is -2.40. The van der Waals surface area contributed by atoms with Crippen LogP contribution in [-0.2, 0) is 24.8 Å². The van der Waals surface area contributed by atoms with E-state index in [-0.39, 0.29) is 22.9 Å². The molecule has 2 aromatic rings. The maximum absolute atomic E-state index is 12.8. The van der Waals surface area contributed by atoms with Gasteiger partial charge in [-0.15, -0.1) is 0 Å². The van der Waals surface area contributed by atoms with Gasteiger partial charge in [0, 0.05) is 37.6 Å². The Kier molecular flexibility index (Phi) is 7.04. The van der Waals surface area contributed by atoms with Gasteiger partial charge in [-0.05, 0) is 61.4 Å². The molecule has 2 aliphatic rings. The van der Waals surface area contributed by atoms with E-state index >= 15 is 0 Å². The molecule has 0 spiro atoms. The lowest BCUT2D eigenvalue weighted by molar-refractivity contribution is 0.0730. The van der Waals surface area contributed by atoms with Crippen LogP contribution in [0.4, 0.5) is 11.4 Å². The minimum Gasteiger partial charge on any atom is -0.379 e. The summed E-state index contributed by atoms with van der Waals surface area (Å²) in [5.74, 6) is 0. The molecule has 0 aromatic heterocycles. The van der Waals surface area contributed by atoms with Crippen molar-refractivity contribution in [2.75, 3.05) is 49.0 Å². The average Bonchev–Trinajstić information content (AvgIpc) is 3.10. The van der Waals surface area contributed by atoms with Crippen molar-refractivity contribution in [1.82, 2.24) is 4.31 Å². The van der Waals surface area contributed by atoms with E-state index in [1.54, 1.807) is 12.1 Å². The molecule has 32 heavy (non-hydrogen) atoms. The second kappa shape index (κ2) is 9.78. The molecular weight excluding hydrogens is 450 g/mol. The molecule has 174 valence electrons. The molecular formula is C22H29N3O5S2. The number of ether oxygens (including phenoxy) is 1. The minimum atomic E-state index is -3.84. The number of morpholine rings is 1. The molecule has 0 bridgehead atoms. The van der Waals surface area contributed by atoms with Gasteiger partial charge in [0.05, 0.1) is 23.0 Å². The van der Waals surface area contributed by atoms with E-state index in [1.165, 1.54) is 54.3 Å². The zero-order valence-corrected chi connectivity index (χ0v) is 19.6. The van der Waals surface area contributed by atoms with Gasteiger partial charge in [-0.3, -0.25) is 4.72 Å². The number of nitrogens with one attached hydrogen (secondary N) is 1. The maximum atomic E-state index is 12.8. The summed E-state index contributed by atoms with van der Waals surface area (Å²) in [6, 6.07) is 12.7. The van der Waals surface area contributed by atoms with Crippen molar-refractivity contribution in [2.45, 2.75) is 35.5 Å². The van der Waals surface area contributed by atoms with Crippen molar-refractivity contribution >= 4 is 31.4 Å². The van der Waals surface area contributed by atoms with Gasteiger partial charge in [0.15, 0.2) is 0 Å². The second-order valence-electron chi connectivity index (χ2n) is 8.04. The standard InChI is InChI=1S/C22H29N3O5S2/c26-31(27,23-19-5-7-20(8-6-19)24-13-3-1-2-4-14-24)21-9-11-22(12-10-21)32(28,29)25-15-17-30-18-16-25/h5-12,23H,1-4,13-18H2. The van der Waals surface area contributed by atoms with Crippen LogP contribution in [0.25, 0.3) is 0 Å². The molecule has 0 saturated carbocycles. The topological polar surface area (TPSA) is 96.0 Å². The van der Waals surface area contributed by atoms with Crippen LogP contribution in [0, 0.1) is 0 Å². The Morgan fingerprint density at radius 3 is 1.84 bits per heavy atom. The van der Waals surface area contributed by atoms with Gasteiger partial charge >= 0.3 is 0 Å². The van der Waals surface area contributed by atoms with Crippen LogP contribution in [0.1, 0.15) is 25.7 Å². The third-order valence-electron chi connectivity index (χ3n) is 5.83. The fraction of sp³-hybridized carbons (Fsp3) is 0.455. The maximum Gasteiger partial charge on any atom is 0.261 e. The quantitative estimate of drug-likeness (QED) is 0.685. The average molecular weight is 480 g/mol. The van der Waals surface area contributed by atoms with Crippen molar-refractivity contribution in [3.05, 3.63) is 48.5 Å². The predicted molar refractivity (Wildman–Crippen MR) is 124 cm³/mol. The summed E-state index contributed by atoms with van der Waals surface area (Å²) in [7, 11) is -7.50. The number of nitrogens with zero attached hydrogens (tertiary/aromatic N) is 2. The number of sulfonamides is 2. The largest absolute Gasteiger partial charge is 0.379 e. The molecule has 0 aliphatic carbocycles. The zero-order valence-electron chi connectivity index (χ0n) is 17.9. The van der Waals surface area contributed by atoms with Crippen molar-refractivity contribution in [1.29, 1.82) is 0 Å². The van der Waals surface area contributed by atoms with Crippen LogP contribution >= 0.6 is 0 Å². The molecule has 0 radical (unpaired) electrons. The molecule has 2 heterocycles. The van der Waals surface area contributed by atoms with Crippen LogP contribution in [0.5, 0.6) is 0 Å². The third-order valence-corrected chi connectivity index (χ3v) is 9.14. The fourth-order valence-electron chi connectivity index (χ4n) is 4.01. The summed E-state index contributed by atoms with van der Waals surface area (Å²) in [6.45, 7) is 3.32. The van der Waals surface area contributed by atoms with Crippen molar-refractivity contribution < 1.29 is 21.6 Å². The summed E-state index contributed by atoms with van der Waals surface area (Å²) in [5, 5.41) is 0. The van der Waals surface area contributed by atoms with Gasteiger partial charge < -0.3 is 9.64 Å². The van der Waals surface area contributed by atoms with Crippen LogP contribution in [-0.4, -0.2) is 60.5 Å². The molecule has 2 fully saturated rings. The van der Waals surface area contributed by atoms with E-state index in [0.717, 1.165) is 18.8 Å². The van der Waals surface area contributed by atoms with Gasteiger partial charge in [0.25, 0.3) is 10.0 Å². The van der Waals surface area contributed by atoms with Crippen LogP contribution in [0.15, 0.2) is 58.3 Å². The Balaban J connectivity index is 1.45. The first-order valence-corrected chi connectivity index (χ1v) is 13.8. The predicted octanol–water partition coefficient (Wildman–Crippen LogP) is 2.89. The molecule has 2 aliphatic heterocycles. The van der Waals surface area contributed by atoms with E-state index in [2.05, 4.69) is 9.62 Å². The molecule has 8 nitrogen and oxygen atoms in total. The van der Waals surface area contributed by atoms with Crippen molar-refractivity contribution in [3.63, 3.8) is 0 Å². The number of anilines is 2. The lowest BCUT2D eigenvalue weighted by atomic mass is 10.2. The van der Waals surface area contributed by atoms with Gasteiger partial charge in [-0.2, -0.15) is 4.31 Å². The molecule has 10 heteroatoms. The first kappa shape index (κ1) is 23.0. The van der Waals surface area contributed by atoms with Crippen LogP contribution in [0.2, 0.25) is 0 Å². The zero-order chi connectivity index (χ0) is 22.6. The smallest absolute Gasteiger partial charge is 0.261 e.